The van der Waals surface area contributed by atoms with Gasteiger partial charge in [0.15, 0.2) is 0 Å². The summed E-state index contributed by atoms with van der Waals surface area (Å²) in [6, 6.07) is 0. The second-order valence-electron chi connectivity index (χ2n) is 6.20. The molecule has 0 radical (unpaired) electrons. The standard InChI is InChI=1S/C13H24O2.CH4/c1-12(2,3)10(14)8-7-9-11(15)13(4,5)6;/h7-9H2,1-6H3;1H4. The van der Waals surface area contributed by atoms with Gasteiger partial charge in [0.25, 0.3) is 0 Å². The SMILES string of the molecule is C.CC(C)(C)C(=O)CCCC(=O)C(C)(C)C. The minimum absolute atomic E-state index is 0. The summed E-state index contributed by atoms with van der Waals surface area (Å²) in [7, 11) is 0. The van der Waals surface area contributed by atoms with Gasteiger partial charge in [-0.25, -0.2) is 0 Å². The molecule has 2 nitrogen and oxygen atoms in total. The van der Waals surface area contributed by atoms with Crippen molar-refractivity contribution in [2.75, 3.05) is 0 Å². The van der Waals surface area contributed by atoms with Crippen LogP contribution in [0.1, 0.15) is 68.2 Å². The van der Waals surface area contributed by atoms with Crippen molar-refractivity contribution in [3.05, 3.63) is 0 Å². The highest BCUT2D eigenvalue weighted by atomic mass is 16.1. The number of ketones is 2. The summed E-state index contributed by atoms with van der Waals surface area (Å²) < 4.78 is 0. The minimum Gasteiger partial charge on any atom is -0.299 e. The molecule has 0 amide bonds. The van der Waals surface area contributed by atoms with E-state index in [0.29, 0.717) is 19.3 Å². The van der Waals surface area contributed by atoms with Crippen LogP contribution in [0.4, 0.5) is 0 Å². The van der Waals surface area contributed by atoms with E-state index in [9.17, 15) is 9.59 Å². The Bertz CT molecular complexity index is 212. The molecule has 0 aliphatic heterocycles. The summed E-state index contributed by atoms with van der Waals surface area (Å²) in [5.74, 6) is 0.480. The molecule has 0 saturated heterocycles. The molecule has 0 unspecified atom stereocenters. The van der Waals surface area contributed by atoms with E-state index in [0.717, 1.165) is 0 Å². The third kappa shape index (κ3) is 6.76. The highest BCUT2D eigenvalue weighted by Gasteiger charge is 2.23. The number of rotatable bonds is 4. The lowest BCUT2D eigenvalue weighted by atomic mass is 9.85. The number of carbonyl (C=O) groups excluding carboxylic acids is 2. The molecule has 0 aromatic rings. The summed E-state index contributed by atoms with van der Waals surface area (Å²) in [6.45, 7) is 11.5. The van der Waals surface area contributed by atoms with E-state index in [1.54, 1.807) is 0 Å². The highest BCUT2D eigenvalue weighted by molar-refractivity contribution is 5.86. The van der Waals surface area contributed by atoms with E-state index >= 15 is 0 Å². The zero-order valence-corrected chi connectivity index (χ0v) is 10.9. The molecule has 0 fully saturated rings. The van der Waals surface area contributed by atoms with Crippen LogP contribution in [-0.2, 0) is 9.59 Å². The molecule has 0 N–H and O–H groups in total. The van der Waals surface area contributed by atoms with Gasteiger partial charge in [0.05, 0.1) is 0 Å². The molecular formula is C14H28O2. The first-order valence-corrected chi connectivity index (χ1v) is 5.62. The maximum absolute atomic E-state index is 11.6. The largest absolute Gasteiger partial charge is 0.299 e. The summed E-state index contributed by atoms with van der Waals surface area (Å²) >= 11 is 0. The molecule has 0 aliphatic rings. The Kier molecular flexibility index (Phi) is 6.83. The Hall–Kier alpha value is -0.660. The van der Waals surface area contributed by atoms with Crippen LogP contribution in [-0.4, -0.2) is 11.6 Å². The Balaban J connectivity index is 0. The Labute approximate surface area is 101 Å². The van der Waals surface area contributed by atoms with Crippen LogP contribution in [0.2, 0.25) is 0 Å². The van der Waals surface area contributed by atoms with Crippen LogP contribution in [0.25, 0.3) is 0 Å². The molecule has 0 aliphatic carbocycles. The second kappa shape index (κ2) is 6.17. The maximum atomic E-state index is 11.6. The van der Waals surface area contributed by atoms with Gasteiger partial charge in [-0.05, 0) is 6.42 Å². The van der Waals surface area contributed by atoms with Crippen molar-refractivity contribution < 1.29 is 9.59 Å². The van der Waals surface area contributed by atoms with Crippen LogP contribution in [0.5, 0.6) is 0 Å². The average molecular weight is 228 g/mol. The Morgan fingerprint density at radius 2 is 1.00 bits per heavy atom. The van der Waals surface area contributed by atoms with Gasteiger partial charge in [-0.3, -0.25) is 9.59 Å². The topological polar surface area (TPSA) is 34.1 Å². The van der Waals surface area contributed by atoms with E-state index in [2.05, 4.69) is 0 Å². The molecule has 0 atom stereocenters. The normalized spacial score (nSPS) is 11.9. The summed E-state index contributed by atoms with van der Waals surface area (Å²) in [6.07, 6.45) is 1.73. The first-order chi connectivity index (χ1) is 6.55. The monoisotopic (exact) mass is 228 g/mol. The smallest absolute Gasteiger partial charge is 0.138 e. The Morgan fingerprint density at radius 1 is 0.750 bits per heavy atom. The van der Waals surface area contributed by atoms with Gasteiger partial charge in [-0.2, -0.15) is 0 Å². The minimum atomic E-state index is -0.273. The third-order valence-corrected chi connectivity index (χ3v) is 2.48. The number of hydrogen-bond donors (Lipinski definition) is 0. The van der Waals surface area contributed by atoms with E-state index < -0.39 is 0 Å². The lowest BCUT2D eigenvalue weighted by Crippen LogP contribution is -2.22. The first-order valence-electron chi connectivity index (χ1n) is 5.62. The third-order valence-electron chi connectivity index (χ3n) is 2.48. The second-order valence-corrected chi connectivity index (χ2v) is 6.20. The molecule has 0 bridgehead atoms. The van der Waals surface area contributed by atoms with E-state index in [1.807, 2.05) is 41.5 Å². The van der Waals surface area contributed by atoms with Gasteiger partial charge < -0.3 is 0 Å². The molecule has 0 aromatic heterocycles. The summed E-state index contributed by atoms with van der Waals surface area (Å²) in [5.41, 5.74) is -0.546. The van der Waals surface area contributed by atoms with Crippen LogP contribution >= 0.6 is 0 Å². The molecule has 0 spiro atoms. The highest BCUT2D eigenvalue weighted by Crippen LogP contribution is 2.21. The van der Waals surface area contributed by atoms with Gasteiger partial charge >= 0.3 is 0 Å². The molecule has 0 saturated carbocycles. The van der Waals surface area contributed by atoms with Crippen molar-refractivity contribution in [2.45, 2.75) is 68.2 Å². The zero-order valence-electron chi connectivity index (χ0n) is 10.9. The predicted octanol–water partition coefficient (Wildman–Crippen LogP) is 4.02. The van der Waals surface area contributed by atoms with Gasteiger partial charge in [-0.15, -0.1) is 0 Å². The molecule has 0 heterocycles. The number of hydrogen-bond acceptors (Lipinski definition) is 2. The quantitative estimate of drug-likeness (QED) is 0.728. The molecule has 2 heteroatoms. The maximum Gasteiger partial charge on any atom is 0.138 e. The van der Waals surface area contributed by atoms with Gasteiger partial charge in [-0.1, -0.05) is 49.0 Å². The van der Waals surface area contributed by atoms with Crippen LogP contribution in [0, 0.1) is 10.8 Å². The summed E-state index contributed by atoms with van der Waals surface area (Å²) in [5, 5.41) is 0. The van der Waals surface area contributed by atoms with Crippen LogP contribution in [0.3, 0.4) is 0 Å². The number of Topliss-reactive ketones (excluding diaryl/α,β-unsaturated/α-hetero) is 2. The molecule has 0 aromatic carbocycles. The van der Waals surface area contributed by atoms with Crippen molar-refractivity contribution in [3.8, 4) is 0 Å². The molecule has 0 rings (SSSR count). The lowest BCUT2D eigenvalue weighted by molar-refractivity contribution is -0.127. The van der Waals surface area contributed by atoms with Crippen molar-refractivity contribution in [1.82, 2.24) is 0 Å². The van der Waals surface area contributed by atoms with Gasteiger partial charge in [0.2, 0.25) is 0 Å². The van der Waals surface area contributed by atoms with E-state index in [4.69, 9.17) is 0 Å². The van der Waals surface area contributed by atoms with Crippen molar-refractivity contribution >= 4 is 11.6 Å². The van der Waals surface area contributed by atoms with Crippen molar-refractivity contribution in [3.63, 3.8) is 0 Å². The predicted molar refractivity (Wildman–Crippen MR) is 69.5 cm³/mol. The zero-order chi connectivity index (χ0) is 12.3. The van der Waals surface area contributed by atoms with Gasteiger partial charge in [0.1, 0.15) is 11.6 Å². The average Bonchev–Trinajstić information content (AvgIpc) is 2.00. The molecular weight excluding hydrogens is 200 g/mol. The summed E-state index contributed by atoms with van der Waals surface area (Å²) in [4.78, 5) is 23.2. The number of carbonyl (C=O) groups is 2. The molecule has 96 valence electrons. The lowest BCUT2D eigenvalue weighted by Gasteiger charge is -2.18. The van der Waals surface area contributed by atoms with Gasteiger partial charge in [0, 0.05) is 23.7 Å². The first kappa shape index (κ1) is 17.7. The van der Waals surface area contributed by atoms with E-state index in [-0.39, 0.29) is 29.8 Å². The van der Waals surface area contributed by atoms with Crippen molar-refractivity contribution in [1.29, 1.82) is 0 Å². The Morgan fingerprint density at radius 3 is 1.19 bits per heavy atom. The van der Waals surface area contributed by atoms with Crippen LogP contribution in [0.15, 0.2) is 0 Å². The van der Waals surface area contributed by atoms with Crippen LogP contribution < -0.4 is 0 Å². The van der Waals surface area contributed by atoms with Crippen molar-refractivity contribution in [2.24, 2.45) is 10.8 Å². The fourth-order valence-electron chi connectivity index (χ4n) is 1.16. The fourth-order valence-corrected chi connectivity index (χ4v) is 1.16. The fraction of sp³-hybridized carbons (Fsp3) is 0.857. The molecule has 16 heavy (non-hydrogen) atoms. The van der Waals surface area contributed by atoms with E-state index in [1.165, 1.54) is 0 Å².